The molecule has 1 aliphatic heterocycles. The van der Waals surface area contributed by atoms with E-state index in [-0.39, 0.29) is 6.10 Å². The van der Waals surface area contributed by atoms with Crippen molar-refractivity contribution in [2.24, 2.45) is 0 Å². The Labute approximate surface area is 93.4 Å². The molecule has 1 aromatic rings. The zero-order valence-electron chi connectivity index (χ0n) is 7.84. The first-order valence-electron chi connectivity index (χ1n) is 4.42. The van der Waals surface area contributed by atoms with Gasteiger partial charge in [-0.25, -0.2) is 0 Å². The lowest BCUT2D eigenvalue weighted by Gasteiger charge is -2.11. The van der Waals surface area contributed by atoms with E-state index in [2.05, 4.69) is 4.90 Å². The van der Waals surface area contributed by atoms with Crippen LogP contribution < -0.4 is 0 Å². The zero-order chi connectivity index (χ0) is 10.1. The Bertz CT molecular complexity index is 343. The van der Waals surface area contributed by atoms with Gasteiger partial charge in [-0.2, -0.15) is 0 Å². The molecule has 1 aromatic carbocycles. The molecule has 0 aliphatic carbocycles. The zero-order valence-corrected chi connectivity index (χ0v) is 9.35. The summed E-state index contributed by atoms with van der Waals surface area (Å²) in [6.45, 7) is 1.53. The number of rotatable bonds is 1. The molecule has 2 rings (SSSR count). The molecule has 14 heavy (non-hydrogen) atoms. The molecule has 0 N–H and O–H groups in total. The maximum absolute atomic E-state index is 6.07. The first kappa shape index (κ1) is 10.2. The monoisotopic (exact) mass is 231 g/mol. The second kappa shape index (κ2) is 4.07. The fourth-order valence-corrected chi connectivity index (χ4v) is 2.09. The highest BCUT2D eigenvalue weighted by Gasteiger charge is 2.23. The Morgan fingerprint density at radius 2 is 2.21 bits per heavy atom. The third kappa shape index (κ3) is 2.04. The Balaban J connectivity index is 2.24. The quantitative estimate of drug-likeness (QED) is 0.738. The van der Waals surface area contributed by atoms with Crippen LogP contribution in [0.4, 0.5) is 0 Å². The van der Waals surface area contributed by atoms with Crippen molar-refractivity contribution in [3.8, 4) is 0 Å². The minimum absolute atomic E-state index is 0.0739. The van der Waals surface area contributed by atoms with E-state index in [9.17, 15) is 0 Å². The summed E-state index contributed by atoms with van der Waals surface area (Å²) in [6, 6.07) is 5.51. The second-order valence-electron chi connectivity index (χ2n) is 3.49. The van der Waals surface area contributed by atoms with Gasteiger partial charge in [-0.05, 0) is 19.2 Å². The van der Waals surface area contributed by atoms with Crippen LogP contribution in [0, 0.1) is 0 Å². The van der Waals surface area contributed by atoms with Crippen LogP contribution in [-0.4, -0.2) is 25.2 Å². The highest BCUT2D eigenvalue weighted by Crippen LogP contribution is 2.31. The van der Waals surface area contributed by atoms with E-state index >= 15 is 0 Å². The van der Waals surface area contributed by atoms with Crippen molar-refractivity contribution < 1.29 is 4.74 Å². The van der Waals surface area contributed by atoms with Crippen molar-refractivity contribution in [3.05, 3.63) is 33.8 Å². The van der Waals surface area contributed by atoms with Crippen molar-refractivity contribution in [2.75, 3.05) is 20.3 Å². The number of nitrogens with zero attached hydrogens (tertiary/aromatic N) is 1. The molecule has 1 saturated heterocycles. The topological polar surface area (TPSA) is 12.5 Å². The second-order valence-corrected chi connectivity index (χ2v) is 4.33. The number of ether oxygens (including phenoxy) is 1. The number of halogens is 2. The van der Waals surface area contributed by atoms with E-state index in [1.807, 2.05) is 19.2 Å². The average molecular weight is 232 g/mol. The van der Waals surface area contributed by atoms with Gasteiger partial charge in [0.2, 0.25) is 0 Å². The van der Waals surface area contributed by atoms with Gasteiger partial charge in [-0.1, -0.05) is 29.3 Å². The van der Waals surface area contributed by atoms with E-state index in [0.717, 1.165) is 12.1 Å². The van der Waals surface area contributed by atoms with E-state index in [0.29, 0.717) is 16.8 Å². The highest BCUT2D eigenvalue weighted by molar-refractivity contribution is 6.35. The lowest BCUT2D eigenvalue weighted by Crippen LogP contribution is -2.13. The molecule has 0 spiro atoms. The lowest BCUT2D eigenvalue weighted by molar-refractivity contribution is 0.0956. The summed E-state index contributed by atoms with van der Waals surface area (Å²) in [5.41, 5.74) is 1.01. The third-order valence-electron chi connectivity index (χ3n) is 2.28. The van der Waals surface area contributed by atoms with Crippen molar-refractivity contribution in [1.82, 2.24) is 4.90 Å². The van der Waals surface area contributed by atoms with Gasteiger partial charge >= 0.3 is 0 Å². The summed E-state index contributed by atoms with van der Waals surface area (Å²) >= 11 is 11.9. The van der Waals surface area contributed by atoms with Crippen LogP contribution in [0.2, 0.25) is 10.0 Å². The molecule has 1 fully saturated rings. The average Bonchev–Trinajstić information content (AvgIpc) is 2.51. The molecular formula is C10H11Cl2NO. The largest absolute Gasteiger partial charge is 0.357 e. The standard InChI is InChI=1S/C10H11Cl2NO/c1-13-5-10(14-6-13)8-3-2-7(11)4-9(8)12/h2-4,10H,5-6H2,1H3. The van der Waals surface area contributed by atoms with E-state index in [4.69, 9.17) is 27.9 Å². The highest BCUT2D eigenvalue weighted by atomic mass is 35.5. The van der Waals surface area contributed by atoms with Gasteiger partial charge in [0.25, 0.3) is 0 Å². The number of hydrogen-bond acceptors (Lipinski definition) is 2. The van der Waals surface area contributed by atoms with Crippen LogP contribution >= 0.6 is 23.2 Å². The van der Waals surface area contributed by atoms with Crippen LogP contribution in [0.25, 0.3) is 0 Å². The molecule has 1 aliphatic rings. The summed E-state index contributed by atoms with van der Waals surface area (Å²) in [7, 11) is 2.02. The molecule has 1 atom stereocenters. The smallest absolute Gasteiger partial charge is 0.0997 e. The minimum atomic E-state index is 0.0739. The summed E-state index contributed by atoms with van der Waals surface area (Å²) < 4.78 is 5.57. The molecule has 0 aromatic heterocycles. The summed E-state index contributed by atoms with van der Waals surface area (Å²) in [5.74, 6) is 0. The molecule has 0 amide bonds. The molecule has 4 heteroatoms. The molecule has 0 saturated carbocycles. The third-order valence-corrected chi connectivity index (χ3v) is 2.85. The van der Waals surface area contributed by atoms with E-state index < -0.39 is 0 Å². The van der Waals surface area contributed by atoms with Crippen molar-refractivity contribution in [2.45, 2.75) is 6.10 Å². The van der Waals surface area contributed by atoms with Gasteiger partial charge in [0, 0.05) is 22.2 Å². The summed E-state index contributed by atoms with van der Waals surface area (Å²) in [6.07, 6.45) is 0.0739. The summed E-state index contributed by atoms with van der Waals surface area (Å²) in [5, 5.41) is 1.34. The molecular weight excluding hydrogens is 221 g/mol. The maximum atomic E-state index is 6.07. The van der Waals surface area contributed by atoms with Gasteiger partial charge < -0.3 is 4.74 Å². The van der Waals surface area contributed by atoms with Gasteiger partial charge in [0.1, 0.15) is 0 Å². The van der Waals surface area contributed by atoms with E-state index in [1.54, 1.807) is 6.07 Å². The lowest BCUT2D eigenvalue weighted by atomic mass is 10.1. The fourth-order valence-electron chi connectivity index (χ4n) is 1.56. The normalized spacial score (nSPS) is 22.9. The predicted octanol–water partition coefficient (Wildman–Crippen LogP) is 2.95. The molecule has 1 heterocycles. The van der Waals surface area contributed by atoms with Gasteiger partial charge in [0.05, 0.1) is 12.8 Å². The number of likely N-dealkylation sites (N-methyl/N-ethyl adjacent to an activating group) is 1. The minimum Gasteiger partial charge on any atom is -0.357 e. The van der Waals surface area contributed by atoms with Crippen molar-refractivity contribution in [3.63, 3.8) is 0 Å². The van der Waals surface area contributed by atoms with Gasteiger partial charge in [-0.15, -0.1) is 0 Å². The van der Waals surface area contributed by atoms with Crippen molar-refractivity contribution in [1.29, 1.82) is 0 Å². The van der Waals surface area contributed by atoms with Crippen molar-refractivity contribution >= 4 is 23.2 Å². The molecule has 0 radical (unpaired) electrons. The Morgan fingerprint density at radius 1 is 1.43 bits per heavy atom. The molecule has 0 bridgehead atoms. The molecule has 2 nitrogen and oxygen atoms in total. The first-order valence-corrected chi connectivity index (χ1v) is 5.17. The maximum Gasteiger partial charge on any atom is 0.0997 e. The SMILES string of the molecule is CN1COC(c2ccc(Cl)cc2Cl)C1. The Morgan fingerprint density at radius 3 is 2.79 bits per heavy atom. The summed E-state index contributed by atoms with van der Waals surface area (Å²) in [4.78, 5) is 2.11. The van der Waals surface area contributed by atoms with Crippen LogP contribution in [-0.2, 0) is 4.74 Å². The van der Waals surface area contributed by atoms with Crippen LogP contribution in [0.3, 0.4) is 0 Å². The van der Waals surface area contributed by atoms with Gasteiger partial charge in [0.15, 0.2) is 0 Å². The Kier molecular flexibility index (Phi) is 2.98. The predicted molar refractivity (Wildman–Crippen MR) is 57.8 cm³/mol. The Hall–Kier alpha value is -0.280. The van der Waals surface area contributed by atoms with Crippen LogP contribution in [0.15, 0.2) is 18.2 Å². The van der Waals surface area contributed by atoms with Crippen LogP contribution in [0.5, 0.6) is 0 Å². The molecule has 76 valence electrons. The fraction of sp³-hybridized carbons (Fsp3) is 0.400. The number of benzene rings is 1. The van der Waals surface area contributed by atoms with Crippen LogP contribution in [0.1, 0.15) is 11.7 Å². The van der Waals surface area contributed by atoms with E-state index in [1.165, 1.54) is 0 Å². The molecule has 1 unspecified atom stereocenters. The van der Waals surface area contributed by atoms with Gasteiger partial charge in [-0.3, -0.25) is 4.90 Å². The first-order chi connectivity index (χ1) is 6.66. The number of hydrogen-bond donors (Lipinski definition) is 0.